The molecule has 0 saturated carbocycles. The lowest BCUT2D eigenvalue weighted by Gasteiger charge is -2.23. The maximum absolute atomic E-state index is 13.1. The number of nitrogens with one attached hydrogen (secondary N) is 2. The van der Waals surface area contributed by atoms with Crippen molar-refractivity contribution in [1.82, 2.24) is 5.43 Å². The highest BCUT2D eigenvalue weighted by atomic mass is 35.5. The van der Waals surface area contributed by atoms with Crippen LogP contribution in [0.5, 0.6) is 0 Å². The molecule has 0 unspecified atom stereocenters. The van der Waals surface area contributed by atoms with Crippen molar-refractivity contribution >= 4 is 50.5 Å². The number of rotatable bonds is 7. The highest BCUT2D eigenvalue weighted by molar-refractivity contribution is 7.92. The minimum absolute atomic E-state index is 0.274. The van der Waals surface area contributed by atoms with E-state index in [2.05, 4.69) is 15.8 Å². The van der Waals surface area contributed by atoms with Gasteiger partial charge in [0, 0.05) is 12.6 Å². The minimum Gasteiger partial charge on any atom is -0.326 e. The second-order valence-electron chi connectivity index (χ2n) is 6.93. The third kappa shape index (κ3) is 7.46. The van der Waals surface area contributed by atoms with Crippen LogP contribution in [-0.2, 0) is 25.8 Å². The number of alkyl halides is 3. The molecule has 2 rings (SSSR count). The van der Waals surface area contributed by atoms with E-state index in [9.17, 15) is 31.2 Å². The van der Waals surface area contributed by atoms with E-state index in [1.165, 1.54) is 6.92 Å². The average Bonchev–Trinajstić information content (AvgIpc) is 2.69. The first-order chi connectivity index (χ1) is 15.2. The molecule has 0 fully saturated rings. The van der Waals surface area contributed by atoms with E-state index in [4.69, 9.17) is 11.6 Å². The summed E-state index contributed by atoms with van der Waals surface area (Å²) in [5, 5.41) is 6.21. The standard InChI is InChI=1S/C20H20ClF3N4O4S/c1-12(14-5-4-6-16(9-14)25-13(2)29)26-27-19(30)11-28(33(3,31)32)18-10-15(20(22,23)24)7-8-17(18)21/h4-10H,11H2,1-3H3,(H,25,29)(H,27,30)/b26-12+. The van der Waals surface area contributed by atoms with Crippen molar-refractivity contribution in [1.29, 1.82) is 0 Å². The summed E-state index contributed by atoms with van der Waals surface area (Å²) in [5.41, 5.74) is 1.95. The number of hydrogen-bond donors (Lipinski definition) is 2. The molecular formula is C20H20ClF3N4O4S. The summed E-state index contributed by atoms with van der Waals surface area (Å²) in [7, 11) is -4.17. The quantitative estimate of drug-likeness (QED) is 0.443. The lowest BCUT2D eigenvalue weighted by molar-refractivity contribution is -0.137. The Bertz CT molecular complexity index is 1200. The summed E-state index contributed by atoms with van der Waals surface area (Å²) in [6, 6.07) is 8.75. The number of carbonyl (C=O) groups is 2. The molecule has 0 aliphatic rings. The second kappa shape index (κ2) is 10.2. The number of nitrogens with zero attached hydrogens (tertiary/aromatic N) is 2. The van der Waals surface area contributed by atoms with Gasteiger partial charge in [-0.15, -0.1) is 0 Å². The first-order valence-electron chi connectivity index (χ1n) is 9.24. The molecule has 0 bridgehead atoms. The molecule has 2 amide bonds. The molecule has 0 aliphatic carbocycles. The summed E-state index contributed by atoms with van der Waals surface area (Å²) in [5.74, 6) is -1.18. The normalized spacial score (nSPS) is 12.3. The molecule has 2 N–H and O–H groups in total. The van der Waals surface area contributed by atoms with Crippen LogP contribution in [0.2, 0.25) is 5.02 Å². The lowest BCUT2D eigenvalue weighted by Crippen LogP contribution is -2.39. The molecule has 2 aromatic carbocycles. The highest BCUT2D eigenvalue weighted by Crippen LogP contribution is 2.36. The van der Waals surface area contributed by atoms with E-state index in [1.54, 1.807) is 31.2 Å². The SMILES string of the molecule is CC(=O)Nc1cccc(/C(C)=N/NC(=O)CN(c2cc(C(F)(F)F)ccc2Cl)S(C)(=O)=O)c1. The zero-order chi connectivity index (χ0) is 25.0. The molecule has 0 saturated heterocycles. The predicted octanol–water partition coefficient (Wildman–Crippen LogP) is 3.62. The van der Waals surface area contributed by atoms with Gasteiger partial charge < -0.3 is 5.32 Å². The number of hydrogen-bond acceptors (Lipinski definition) is 5. The Morgan fingerprint density at radius 1 is 1.12 bits per heavy atom. The molecular weight excluding hydrogens is 485 g/mol. The Morgan fingerprint density at radius 2 is 1.79 bits per heavy atom. The fourth-order valence-corrected chi connectivity index (χ4v) is 3.79. The van der Waals surface area contributed by atoms with Gasteiger partial charge in [0.1, 0.15) is 6.54 Å². The zero-order valence-corrected chi connectivity index (χ0v) is 19.3. The van der Waals surface area contributed by atoms with Gasteiger partial charge in [-0.1, -0.05) is 23.7 Å². The third-order valence-corrected chi connectivity index (χ3v) is 5.62. The summed E-state index contributed by atoms with van der Waals surface area (Å²) in [6.07, 6.45) is -4.00. The molecule has 8 nitrogen and oxygen atoms in total. The Kier molecular flexibility index (Phi) is 8.09. The molecule has 0 radical (unpaired) electrons. The molecule has 13 heteroatoms. The van der Waals surface area contributed by atoms with E-state index in [-0.39, 0.29) is 10.9 Å². The molecule has 0 atom stereocenters. The van der Waals surface area contributed by atoms with Crippen LogP contribution in [0.3, 0.4) is 0 Å². The molecule has 0 spiro atoms. The van der Waals surface area contributed by atoms with Crippen LogP contribution in [0.25, 0.3) is 0 Å². The van der Waals surface area contributed by atoms with Crippen LogP contribution in [0.1, 0.15) is 25.0 Å². The van der Waals surface area contributed by atoms with Crippen LogP contribution >= 0.6 is 11.6 Å². The third-order valence-electron chi connectivity index (χ3n) is 4.18. The van der Waals surface area contributed by atoms with Crippen LogP contribution in [-0.4, -0.2) is 38.7 Å². The molecule has 2 aromatic rings. The number of benzene rings is 2. The Hall–Kier alpha value is -3.12. The fourth-order valence-electron chi connectivity index (χ4n) is 2.66. The Labute approximate surface area is 193 Å². The Morgan fingerprint density at radius 3 is 2.36 bits per heavy atom. The molecule has 0 aliphatic heterocycles. The Balaban J connectivity index is 2.25. The minimum atomic E-state index is -4.74. The summed E-state index contributed by atoms with van der Waals surface area (Å²) in [6.45, 7) is 2.05. The van der Waals surface area contributed by atoms with Crippen molar-refractivity contribution in [2.75, 3.05) is 22.4 Å². The lowest BCUT2D eigenvalue weighted by atomic mass is 10.1. The maximum atomic E-state index is 13.1. The maximum Gasteiger partial charge on any atom is 0.416 e. The van der Waals surface area contributed by atoms with Crippen molar-refractivity contribution in [2.45, 2.75) is 20.0 Å². The van der Waals surface area contributed by atoms with Gasteiger partial charge in [-0.25, -0.2) is 13.8 Å². The largest absolute Gasteiger partial charge is 0.416 e. The van der Waals surface area contributed by atoms with Gasteiger partial charge in [0.2, 0.25) is 15.9 Å². The fraction of sp³-hybridized carbons (Fsp3) is 0.250. The number of amides is 2. The van der Waals surface area contributed by atoms with E-state index >= 15 is 0 Å². The van der Waals surface area contributed by atoms with Crippen molar-refractivity contribution in [3.05, 3.63) is 58.6 Å². The number of anilines is 2. The molecule has 178 valence electrons. The summed E-state index contributed by atoms with van der Waals surface area (Å²) < 4.78 is 64.0. The summed E-state index contributed by atoms with van der Waals surface area (Å²) in [4.78, 5) is 23.6. The smallest absolute Gasteiger partial charge is 0.326 e. The van der Waals surface area contributed by atoms with Gasteiger partial charge in [-0.3, -0.25) is 13.9 Å². The average molecular weight is 505 g/mol. The molecule has 0 heterocycles. The highest BCUT2D eigenvalue weighted by Gasteiger charge is 2.33. The molecule has 33 heavy (non-hydrogen) atoms. The second-order valence-corrected chi connectivity index (χ2v) is 9.24. The number of hydrazone groups is 1. The monoisotopic (exact) mass is 504 g/mol. The first kappa shape index (κ1) is 26.1. The van der Waals surface area contributed by atoms with Gasteiger partial charge >= 0.3 is 6.18 Å². The predicted molar refractivity (Wildman–Crippen MR) is 120 cm³/mol. The van der Waals surface area contributed by atoms with Gasteiger partial charge in [0.15, 0.2) is 0 Å². The van der Waals surface area contributed by atoms with Crippen LogP contribution < -0.4 is 15.0 Å². The van der Waals surface area contributed by atoms with E-state index < -0.39 is 39.9 Å². The van der Waals surface area contributed by atoms with Gasteiger partial charge in [0.25, 0.3) is 5.91 Å². The zero-order valence-electron chi connectivity index (χ0n) is 17.7. The van der Waals surface area contributed by atoms with Crippen molar-refractivity contribution in [2.24, 2.45) is 5.10 Å². The number of carbonyl (C=O) groups excluding carboxylic acids is 2. The summed E-state index contributed by atoms with van der Waals surface area (Å²) >= 11 is 5.93. The van der Waals surface area contributed by atoms with E-state index in [0.29, 0.717) is 33.4 Å². The topological polar surface area (TPSA) is 108 Å². The van der Waals surface area contributed by atoms with Crippen molar-refractivity contribution in [3.8, 4) is 0 Å². The first-order valence-corrected chi connectivity index (χ1v) is 11.5. The van der Waals surface area contributed by atoms with Gasteiger partial charge in [0.05, 0.1) is 28.2 Å². The molecule has 0 aromatic heterocycles. The number of halogens is 4. The van der Waals surface area contributed by atoms with Gasteiger partial charge in [-0.05, 0) is 42.8 Å². The van der Waals surface area contributed by atoms with Crippen molar-refractivity contribution < 1.29 is 31.2 Å². The van der Waals surface area contributed by atoms with Crippen LogP contribution in [0.4, 0.5) is 24.5 Å². The van der Waals surface area contributed by atoms with Crippen LogP contribution in [0, 0.1) is 0 Å². The van der Waals surface area contributed by atoms with Gasteiger partial charge in [-0.2, -0.15) is 18.3 Å². The number of sulfonamides is 1. The van der Waals surface area contributed by atoms with Crippen molar-refractivity contribution in [3.63, 3.8) is 0 Å². The van der Waals surface area contributed by atoms with E-state index in [1.807, 2.05) is 0 Å². The van der Waals surface area contributed by atoms with E-state index in [0.717, 1.165) is 12.3 Å². The van der Waals surface area contributed by atoms with Crippen LogP contribution in [0.15, 0.2) is 47.6 Å².